The number of likely N-dealkylation sites (N-methyl/N-ethyl adjacent to an activating group) is 1. The van der Waals surface area contributed by atoms with Crippen LogP contribution >= 0.6 is 23.2 Å². The molecule has 0 aliphatic carbocycles. The van der Waals surface area contributed by atoms with E-state index in [4.69, 9.17) is 23.2 Å². The Balaban J connectivity index is 2.31. The summed E-state index contributed by atoms with van der Waals surface area (Å²) < 4.78 is 0. The Morgan fingerprint density at radius 3 is 2.75 bits per heavy atom. The number of halogens is 2. The highest BCUT2D eigenvalue weighted by Gasteiger charge is 2.32. The van der Waals surface area contributed by atoms with Gasteiger partial charge in [-0.1, -0.05) is 36.2 Å². The van der Waals surface area contributed by atoms with Crippen molar-refractivity contribution in [1.82, 2.24) is 4.90 Å². The van der Waals surface area contributed by atoms with Crippen molar-refractivity contribution in [2.45, 2.75) is 25.5 Å². The summed E-state index contributed by atoms with van der Waals surface area (Å²) in [6, 6.07) is 5.64. The lowest BCUT2D eigenvalue weighted by molar-refractivity contribution is 0.119. The van der Waals surface area contributed by atoms with Gasteiger partial charge in [-0.3, -0.25) is 4.90 Å². The zero-order valence-electron chi connectivity index (χ0n) is 9.16. The van der Waals surface area contributed by atoms with Gasteiger partial charge in [0.15, 0.2) is 0 Å². The topological polar surface area (TPSA) is 23.5 Å². The SMILES string of the molecule is CCN1CCC(O)C1c1ccc(Cl)c(Cl)c1. The third kappa shape index (κ3) is 2.21. The van der Waals surface area contributed by atoms with Crippen molar-refractivity contribution >= 4 is 23.2 Å². The maximum Gasteiger partial charge on any atom is 0.0749 e. The molecule has 1 heterocycles. The molecule has 2 nitrogen and oxygen atoms in total. The van der Waals surface area contributed by atoms with E-state index in [1.165, 1.54) is 0 Å². The van der Waals surface area contributed by atoms with Gasteiger partial charge < -0.3 is 5.11 Å². The van der Waals surface area contributed by atoms with Gasteiger partial charge in [0.2, 0.25) is 0 Å². The van der Waals surface area contributed by atoms with E-state index in [1.807, 2.05) is 12.1 Å². The molecule has 1 saturated heterocycles. The quantitative estimate of drug-likeness (QED) is 0.883. The number of aliphatic hydroxyl groups is 1. The highest BCUT2D eigenvalue weighted by Crippen LogP contribution is 2.34. The Morgan fingerprint density at radius 1 is 1.38 bits per heavy atom. The van der Waals surface area contributed by atoms with Crippen molar-refractivity contribution in [3.8, 4) is 0 Å². The van der Waals surface area contributed by atoms with E-state index >= 15 is 0 Å². The van der Waals surface area contributed by atoms with E-state index in [0.717, 1.165) is 25.1 Å². The summed E-state index contributed by atoms with van der Waals surface area (Å²) in [5.74, 6) is 0. The zero-order valence-corrected chi connectivity index (χ0v) is 10.7. The van der Waals surface area contributed by atoms with Gasteiger partial charge in [0, 0.05) is 6.54 Å². The Kier molecular flexibility index (Phi) is 3.75. The Labute approximate surface area is 106 Å². The second-order valence-electron chi connectivity index (χ2n) is 4.10. The maximum atomic E-state index is 9.99. The number of rotatable bonds is 2. The minimum Gasteiger partial charge on any atom is -0.391 e. The Hall–Kier alpha value is -0.280. The molecule has 1 N–H and O–H groups in total. The van der Waals surface area contributed by atoms with Crippen molar-refractivity contribution in [1.29, 1.82) is 0 Å². The fourth-order valence-electron chi connectivity index (χ4n) is 2.32. The number of nitrogens with zero attached hydrogens (tertiary/aromatic N) is 1. The van der Waals surface area contributed by atoms with Crippen LogP contribution in [0.1, 0.15) is 24.9 Å². The standard InChI is InChI=1S/C12H15Cl2NO/c1-2-15-6-5-11(16)12(15)8-3-4-9(13)10(14)7-8/h3-4,7,11-12,16H,2,5-6H2,1H3. The molecule has 1 aliphatic heterocycles. The van der Waals surface area contributed by atoms with Gasteiger partial charge in [0.1, 0.15) is 0 Å². The maximum absolute atomic E-state index is 9.99. The average Bonchev–Trinajstić information content (AvgIpc) is 2.64. The number of aliphatic hydroxyl groups excluding tert-OH is 1. The summed E-state index contributed by atoms with van der Waals surface area (Å²) in [5.41, 5.74) is 1.04. The summed E-state index contributed by atoms with van der Waals surface area (Å²) >= 11 is 11.9. The fraction of sp³-hybridized carbons (Fsp3) is 0.500. The first kappa shape index (κ1) is 12.2. The van der Waals surface area contributed by atoms with Crippen LogP contribution in [0.15, 0.2) is 18.2 Å². The third-order valence-corrected chi connectivity index (χ3v) is 3.90. The summed E-state index contributed by atoms with van der Waals surface area (Å²) in [6.45, 7) is 3.97. The summed E-state index contributed by atoms with van der Waals surface area (Å²) in [5, 5.41) is 11.1. The molecule has 2 atom stereocenters. The van der Waals surface area contributed by atoms with Crippen LogP contribution in [-0.4, -0.2) is 29.2 Å². The molecule has 1 aliphatic rings. The van der Waals surface area contributed by atoms with Crippen LogP contribution < -0.4 is 0 Å². The van der Waals surface area contributed by atoms with Crippen LogP contribution in [0.25, 0.3) is 0 Å². The summed E-state index contributed by atoms with van der Waals surface area (Å²) in [7, 11) is 0. The number of likely N-dealkylation sites (tertiary alicyclic amines) is 1. The van der Waals surface area contributed by atoms with Crippen LogP contribution in [0.5, 0.6) is 0 Å². The predicted octanol–water partition coefficient (Wildman–Crippen LogP) is 3.12. The second kappa shape index (κ2) is 4.92. The smallest absolute Gasteiger partial charge is 0.0749 e. The van der Waals surface area contributed by atoms with Crippen LogP contribution in [0.2, 0.25) is 10.0 Å². The molecule has 0 bridgehead atoms. The first-order valence-electron chi connectivity index (χ1n) is 5.50. The van der Waals surface area contributed by atoms with Crippen LogP contribution in [0, 0.1) is 0 Å². The average molecular weight is 260 g/mol. The Morgan fingerprint density at radius 2 is 2.12 bits per heavy atom. The molecule has 1 aromatic rings. The zero-order chi connectivity index (χ0) is 11.7. The van der Waals surface area contributed by atoms with Crippen molar-refractivity contribution in [2.75, 3.05) is 13.1 Å². The predicted molar refractivity (Wildman–Crippen MR) is 67.1 cm³/mol. The van der Waals surface area contributed by atoms with Crippen LogP contribution in [0.4, 0.5) is 0 Å². The van der Waals surface area contributed by atoms with Gasteiger partial charge >= 0.3 is 0 Å². The molecule has 0 radical (unpaired) electrons. The van der Waals surface area contributed by atoms with Crippen molar-refractivity contribution in [3.05, 3.63) is 33.8 Å². The number of benzene rings is 1. The highest BCUT2D eigenvalue weighted by atomic mass is 35.5. The second-order valence-corrected chi connectivity index (χ2v) is 4.92. The molecule has 0 spiro atoms. The molecule has 0 saturated carbocycles. The highest BCUT2D eigenvalue weighted by molar-refractivity contribution is 6.42. The largest absolute Gasteiger partial charge is 0.391 e. The molecule has 4 heteroatoms. The lowest BCUT2D eigenvalue weighted by Crippen LogP contribution is -2.27. The van der Waals surface area contributed by atoms with Gasteiger partial charge in [-0.2, -0.15) is 0 Å². The summed E-state index contributed by atoms with van der Waals surface area (Å²) in [6.07, 6.45) is 0.510. The molecule has 2 rings (SSSR count). The molecule has 88 valence electrons. The van der Waals surface area contributed by atoms with Gasteiger partial charge in [-0.15, -0.1) is 0 Å². The molecular weight excluding hydrogens is 245 g/mol. The molecule has 16 heavy (non-hydrogen) atoms. The number of hydrogen-bond acceptors (Lipinski definition) is 2. The lowest BCUT2D eigenvalue weighted by atomic mass is 10.0. The minimum absolute atomic E-state index is 0.0553. The fourth-order valence-corrected chi connectivity index (χ4v) is 2.63. The van der Waals surface area contributed by atoms with Crippen LogP contribution in [-0.2, 0) is 0 Å². The van der Waals surface area contributed by atoms with E-state index in [-0.39, 0.29) is 12.1 Å². The van der Waals surface area contributed by atoms with Gasteiger partial charge in [-0.25, -0.2) is 0 Å². The Bertz CT molecular complexity index is 383. The van der Waals surface area contributed by atoms with E-state index < -0.39 is 0 Å². The van der Waals surface area contributed by atoms with Gasteiger partial charge in [0.25, 0.3) is 0 Å². The van der Waals surface area contributed by atoms with Gasteiger partial charge in [-0.05, 0) is 30.7 Å². The molecule has 0 amide bonds. The van der Waals surface area contributed by atoms with E-state index in [9.17, 15) is 5.11 Å². The van der Waals surface area contributed by atoms with Crippen molar-refractivity contribution in [2.24, 2.45) is 0 Å². The first-order valence-corrected chi connectivity index (χ1v) is 6.26. The van der Waals surface area contributed by atoms with Crippen LogP contribution in [0.3, 0.4) is 0 Å². The minimum atomic E-state index is -0.308. The van der Waals surface area contributed by atoms with Crippen molar-refractivity contribution < 1.29 is 5.11 Å². The molecular formula is C12H15Cl2NO. The summed E-state index contributed by atoms with van der Waals surface area (Å²) in [4.78, 5) is 2.25. The number of hydrogen-bond donors (Lipinski definition) is 1. The normalized spacial score (nSPS) is 26.2. The van der Waals surface area contributed by atoms with E-state index in [1.54, 1.807) is 6.07 Å². The van der Waals surface area contributed by atoms with E-state index in [2.05, 4.69) is 11.8 Å². The monoisotopic (exact) mass is 259 g/mol. The van der Waals surface area contributed by atoms with E-state index in [0.29, 0.717) is 10.0 Å². The molecule has 0 aromatic heterocycles. The molecule has 1 fully saturated rings. The van der Waals surface area contributed by atoms with Crippen molar-refractivity contribution in [3.63, 3.8) is 0 Å². The third-order valence-electron chi connectivity index (χ3n) is 3.16. The molecule has 2 unspecified atom stereocenters. The lowest BCUT2D eigenvalue weighted by Gasteiger charge is -2.25. The molecule has 1 aromatic carbocycles. The van der Waals surface area contributed by atoms with Gasteiger partial charge in [0.05, 0.1) is 22.2 Å². The first-order chi connectivity index (χ1) is 7.63.